The lowest BCUT2D eigenvalue weighted by atomic mass is 10.0. The van der Waals surface area contributed by atoms with Gasteiger partial charge in [-0.25, -0.2) is 0 Å². The van der Waals surface area contributed by atoms with Gasteiger partial charge in [0.05, 0.1) is 0 Å². The molecular weight excluding hydrogens is 144 g/mol. The summed E-state index contributed by atoms with van der Waals surface area (Å²) in [6.45, 7) is 9.76. The Bertz CT molecular complexity index is 190. The van der Waals surface area contributed by atoms with E-state index in [-0.39, 0.29) is 0 Å². The normalized spacial score (nSPS) is 57.0. The molecular formula is C12H19. The van der Waals surface area contributed by atoms with Crippen LogP contribution in [0, 0.1) is 40.9 Å². The van der Waals surface area contributed by atoms with Gasteiger partial charge in [0.25, 0.3) is 0 Å². The van der Waals surface area contributed by atoms with Gasteiger partial charge >= 0.3 is 0 Å². The van der Waals surface area contributed by atoms with Crippen LogP contribution < -0.4 is 0 Å². The van der Waals surface area contributed by atoms with Crippen molar-refractivity contribution in [2.75, 3.05) is 0 Å². The molecule has 3 aliphatic rings. The van der Waals surface area contributed by atoms with Gasteiger partial charge in [-0.15, -0.1) is 0 Å². The molecule has 0 aromatic carbocycles. The highest BCUT2D eigenvalue weighted by molar-refractivity contribution is 5.26. The summed E-state index contributed by atoms with van der Waals surface area (Å²) in [4.78, 5) is 0. The van der Waals surface area contributed by atoms with Crippen LogP contribution in [0.1, 0.15) is 34.1 Å². The first kappa shape index (κ1) is 7.41. The first-order valence-corrected chi connectivity index (χ1v) is 5.30. The molecule has 1 radical (unpaired) electrons. The molecule has 0 N–H and O–H groups in total. The first-order valence-electron chi connectivity index (χ1n) is 5.30. The Balaban J connectivity index is 1.80. The Morgan fingerprint density at radius 3 is 1.67 bits per heavy atom. The van der Waals surface area contributed by atoms with E-state index < -0.39 is 0 Å². The third-order valence-electron chi connectivity index (χ3n) is 5.20. The van der Waals surface area contributed by atoms with Crippen molar-refractivity contribution in [2.24, 2.45) is 34.5 Å². The van der Waals surface area contributed by atoms with Crippen LogP contribution in [0.15, 0.2) is 0 Å². The molecule has 12 heavy (non-hydrogen) atoms. The van der Waals surface area contributed by atoms with Crippen molar-refractivity contribution in [3.05, 3.63) is 6.42 Å². The van der Waals surface area contributed by atoms with Gasteiger partial charge in [-0.1, -0.05) is 27.7 Å². The maximum absolute atomic E-state index is 2.68. The average Bonchev–Trinajstić information content (AvgIpc) is 2.72. The summed E-state index contributed by atoms with van der Waals surface area (Å²) < 4.78 is 0. The van der Waals surface area contributed by atoms with Crippen LogP contribution in [-0.2, 0) is 0 Å². The SMILES string of the molecule is CC1(C)C2[CH]C3C(CC21)C3(C)C. The first-order chi connectivity index (χ1) is 5.45. The van der Waals surface area contributed by atoms with E-state index >= 15 is 0 Å². The molecule has 0 amide bonds. The highest BCUT2D eigenvalue weighted by Gasteiger charge is 2.71. The van der Waals surface area contributed by atoms with Crippen LogP contribution in [-0.4, -0.2) is 0 Å². The molecule has 0 saturated heterocycles. The predicted octanol–water partition coefficient (Wildman–Crippen LogP) is 3.14. The zero-order chi connectivity index (χ0) is 8.72. The van der Waals surface area contributed by atoms with Crippen molar-refractivity contribution in [3.8, 4) is 0 Å². The Labute approximate surface area is 75.7 Å². The van der Waals surface area contributed by atoms with E-state index in [0.717, 1.165) is 23.7 Å². The van der Waals surface area contributed by atoms with Gasteiger partial charge < -0.3 is 0 Å². The lowest BCUT2D eigenvalue weighted by Crippen LogP contribution is -1.97. The topological polar surface area (TPSA) is 0 Å². The van der Waals surface area contributed by atoms with Crippen molar-refractivity contribution in [3.63, 3.8) is 0 Å². The summed E-state index contributed by atoms with van der Waals surface area (Å²) in [6.07, 6.45) is 4.20. The fraction of sp³-hybridized carbons (Fsp3) is 0.917. The minimum atomic E-state index is 0.670. The van der Waals surface area contributed by atoms with Crippen molar-refractivity contribution >= 4 is 0 Å². The van der Waals surface area contributed by atoms with E-state index in [1.807, 2.05) is 0 Å². The molecule has 0 spiro atoms. The van der Waals surface area contributed by atoms with Crippen LogP contribution in [0.5, 0.6) is 0 Å². The minimum absolute atomic E-state index is 0.670. The van der Waals surface area contributed by atoms with Crippen LogP contribution >= 0.6 is 0 Å². The maximum atomic E-state index is 2.68. The fourth-order valence-electron chi connectivity index (χ4n) is 3.73. The van der Waals surface area contributed by atoms with E-state index in [1.165, 1.54) is 6.42 Å². The molecule has 0 heterocycles. The largest absolute Gasteiger partial charge is 0.0593 e. The van der Waals surface area contributed by atoms with E-state index in [0.29, 0.717) is 10.8 Å². The molecule has 3 saturated carbocycles. The van der Waals surface area contributed by atoms with Gasteiger partial charge in [0.15, 0.2) is 0 Å². The van der Waals surface area contributed by atoms with Crippen molar-refractivity contribution in [1.82, 2.24) is 0 Å². The van der Waals surface area contributed by atoms with Crippen LogP contribution in [0.2, 0.25) is 0 Å². The summed E-state index contributed by atoms with van der Waals surface area (Å²) in [6, 6.07) is 0. The minimum Gasteiger partial charge on any atom is -0.0593 e. The summed E-state index contributed by atoms with van der Waals surface area (Å²) in [5.41, 5.74) is 1.34. The zero-order valence-electron chi connectivity index (χ0n) is 8.59. The molecule has 0 aromatic rings. The summed E-state index contributed by atoms with van der Waals surface area (Å²) in [5, 5.41) is 0. The standard InChI is InChI=1S/C12H19/c1-11(2)7-5-9-10(6-8(7)11)12(9,3)4/h5,7-10H,6H2,1-4H3. The smallest absolute Gasteiger partial charge is 0.0289 e. The summed E-state index contributed by atoms with van der Waals surface area (Å²) >= 11 is 0. The summed E-state index contributed by atoms with van der Waals surface area (Å²) in [7, 11) is 0. The highest BCUT2D eigenvalue weighted by Crippen LogP contribution is 2.77. The maximum Gasteiger partial charge on any atom is -0.0289 e. The monoisotopic (exact) mass is 163 g/mol. The molecule has 3 rings (SSSR count). The van der Waals surface area contributed by atoms with E-state index in [2.05, 4.69) is 34.1 Å². The second-order valence-corrected chi connectivity index (χ2v) is 6.34. The second kappa shape index (κ2) is 1.63. The molecule has 0 heteroatoms. The molecule has 4 atom stereocenters. The van der Waals surface area contributed by atoms with Crippen LogP contribution in [0.4, 0.5) is 0 Å². The Kier molecular flexibility index (Phi) is 1.00. The Hall–Kier alpha value is 0. The van der Waals surface area contributed by atoms with Crippen molar-refractivity contribution < 1.29 is 0 Å². The highest BCUT2D eigenvalue weighted by atomic mass is 14.7. The molecule has 3 aliphatic carbocycles. The van der Waals surface area contributed by atoms with Gasteiger partial charge in [-0.3, -0.25) is 0 Å². The quantitative estimate of drug-likeness (QED) is 0.514. The van der Waals surface area contributed by atoms with E-state index in [1.54, 1.807) is 0 Å². The average molecular weight is 163 g/mol. The lowest BCUT2D eigenvalue weighted by molar-refractivity contribution is 0.457. The third-order valence-corrected chi connectivity index (χ3v) is 5.20. The summed E-state index contributed by atoms with van der Waals surface area (Å²) in [5.74, 6) is 4.03. The second-order valence-electron chi connectivity index (χ2n) is 6.34. The molecule has 0 aliphatic heterocycles. The molecule has 0 bridgehead atoms. The van der Waals surface area contributed by atoms with Gasteiger partial charge in [0.1, 0.15) is 0 Å². The van der Waals surface area contributed by atoms with Crippen molar-refractivity contribution in [2.45, 2.75) is 34.1 Å². The van der Waals surface area contributed by atoms with Gasteiger partial charge in [0, 0.05) is 0 Å². The molecule has 3 fully saturated rings. The number of hydrogen-bond acceptors (Lipinski definition) is 0. The van der Waals surface area contributed by atoms with Gasteiger partial charge in [-0.2, -0.15) is 0 Å². The number of rotatable bonds is 0. The molecule has 4 unspecified atom stereocenters. The van der Waals surface area contributed by atoms with Crippen molar-refractivity contribution in [1.29, 1.82) is 0 Å². The lowest BCUT2D eigenvalue weighted by Gasteiger charge is -2.04. The van der Waals surface area contributed by atoms with Crippen LogP contribution in [0.25, 0.3) is 0 Å². The van der Waals surface area contributed by atoms with E-state index in [4.69, 9.17) is 0 Å². The number of hydrogen-bond donors (Lipinski definition) is 0. The third kappa shape index (κ3) is 0.625. The Morgan fingerprint density at radius 2 is 1.33 bits per heavy atom. The Morgan fingerprint density at radius 1 is 0.917 bits per heavy atom. The van der Waals surface area contributed by atoms with Crippen LogP contribution in [0.3, 0.4) is 0 Å². The number of fused-ring (bicyclic) bond motifs is 2. The zero-order valence-corrected chi connectivity index (χ0v) is 8.59. The molecule has 0 aromatic heterocycles. The molecule has 67 valence electrons. The predicted molar refractivity (Wildman–Crippen MR) is 50.4 cm³/mol. The molecule has 0 nitrogen and oxygen atoms in total. The van der Waals surface area contributed by atoms with E-state index in [9.17, 15) is 0 Å². The van der Waals surface area contributed by atoms with Gasteiger partial charge in [-0.05, 0) is 47.3 Å². The van der Waals surface area contributed by atoms with Gasteiger partial charge in [0.2, 0.25) is 0 Å². The fourth-order valence-corrected chi connectivity index (χ4v) is 3.73.